The van der Waals surface area contributed by atoms with Crippen molar-refractivity contribution in [2.24, 2.45) is 5.41 Å². The number of hydrogen-bond donors (Lipinski definition) is 1. The third kappa shape index (κ3) is 5.70. The normalized spacial score (nSPS) is 24.5. The first-order valence-corrected chi connectivity index (χ1v) is 14.1. The molecule has 3 aliphatic rings. The monoisotopic (exact) mass is 554 g/mol. The Labute approximate surface area is 232 Å². The molecule has 1 spiro atoms. The number of ether oxygens (including phenoxy) is 2. The van der Waals surface area contributed by atoms with Crippen LogP contribution in [0.25, 0.3) is 0 Å². The van der Waals surface area contributed by atoms with E-state index in [1.807, 2.05) is 36.4 Å². The van der Waals surface area contributed by atoms with Crippen molar-refractivity contribution in [1.29, 1.82) is 0 Å². The highest BCUT2D eigenvalue weighted by molar-refractivity contribution is 5.46. The van der Waals surface area contributed by atoms with Crippen LogP contribution in [0.1, 0.15) is 54.0 Å². The minimum Gasteiger partial charge on any atom is -0.490 e. The Morgan fingerprint density at radius 2 is 1.75 bits per heavy atom. The molecule has 2 fully saturated rings. The lowest BCUT2D eigenvalue weighted by Gasteiger charge is -2.49. The van der Waals surface area contributed by atoms with Crippen LogP contribution >= 0.6 is 0 Å². The lowest BCUT2D eigenvalue weighted by Crippen LogP contribution is -2.52. The number of fused-ring (bicyclic) bond motifs is 1. The maximum atomic E-state index is 15.6. The Morgan fingerprint density at radius 3 is 2.45 bits per heavy atom. The van der Waals surface area contributed by atoms with E-state index in [0.29, 0.717) is 24.3 Å². The first-order chi connectivity index (χ1) is 19.4. The molecule has 0 radical (unpaired) electrons. The molecule has 0 bridgehead atoms. The summed E-state index contributed by atoms with van der Waals surface area (Å²) in [6, 6.07) is 16.5. The molecule has 3 aromatic rings. The van der Waals surface area contributed by atoms with Crippen molar-refractivity contribution in [3.05, 3.63) is 94.6 Å². The Morgan fingerprint density at radius 1 is 0.975 bits per heavy atom. The molecule has 1 unspecified atom stereocenters. The van der Waals surface area contributed by atoms with E-state index < -0.39 is 30.6 Å². The zero-order valence-corrected chi connectivity index (χ0v) is 22.4. The number of nitrogens with one attached hydrogen (secondary N) is 1. The smallest absolute Gasteiger partial charge is 0.251 e. The van der Waals surface area contributed by atoms with Crippen molar-refractivity contribution in [2.45, 2.75) is 57.3 Å². The molecule has 0 aromatic heterocycles. The van der Waals surface area contributed by atoms with Gasteiger partial charge in [0.05, 0.1) is 18.7 Å². The van der Waals surface area contributed by atoms with Gasteiger partial charge in [-0.3, -0.25) is 4.90 Å². The van der Waals surface area contributed by atoms with Gasteiger partial charge >= 0.3 is 0 Å². The van der Waals surface area contributed by atoms with Crippen molar-refractivity contribution < 1.29 is 27.0 Å². The highest BCUT2D eigenvalue weighted by Crippen LogP contribution is 2.48. The Bertz CT molecular complexity index is 1300. The fraction of sp³-hybridized carbons (Fsp3) is 0.438. The summed E-state index contributed by atoms with van der Waals surface area (Å²) in [5, 5.41) is 3.43. The Hall–Kier alpha value is -3.10. The number of hydrogen-bond acceptors (Lipinski definition) is 4. The lowest BCUT2D eigenvalue weighted by molar-refractivity contribution is -0.0302. The largest absolute Gasteiger partial charge is 0.490 e. The van der Waals surface area contributed by atoms with Gasteiger partial charge in [-0.25, -0.2) is 17.6 Å². The van der Waals surface area contributed by atoms with Crippen LogP contribution in [0.5, 0.6) is 11.5 Å². The van der Waals surface area contributed by atoms with Crippen LogP contribution in [-0.2, 0) is 13.0 Å². The lowest BCUT2D eigenvalue weighted by atomic mass is 9.63. The molecule has 1 atom stereocenters. The van der Waals surface area contributed by atoms with Gasteiger partial charge in [0.1, 0.15) is 29.7 Å². The van der Waals surface area contributed by atoms with Crippen molar-refractivity contribution in [3.63, 3.8) is 0 Å². The fourth-order valence-corrected chi connectivity index (χ4v) is 6.65. The van der Waals surface area contributed by atoms with Crippen molar-refractivity contribution in [1.82, 2.24) is 10.2 Å². The van der Waals surface area contributed by atoms with Crippen molar-refractivity contribution in [2.75, 3.05) is 26.2 Å². The van der Waals surface area contributed by atoms with Gasteiger partial charge in [0.15, 0.2) is 0 Å². The van der Waals surface area contributed by atoms with Crippen LogP contribution in [0, 0.1) is 17.0 Å². The topological polar surface area (TPSA) is 33.7 Å². The van der Waals surface area contributed by atoms with Crippen LogP contribution in [-0.4, -0.2) is 43.6 Å². The average molecular weight is 555 g/mol. The van der Waals surface area contributed by atoms with Gasteiger partial charge in [-0.2, -0.15) is 0 Å². The number of alkyl halides is 2. The molecular formula is C32H34F4N2O2. The molecule has 8 heteroatoms. The quantitative estimate of drug-likeness (QED) is 0.316. The zero-order valence-electron chi connectivity index (χ0n) is 22.4. The van der Waals surface area contributed by atoms with E-state index in [1.54, 1.807) is 12.1 Å². The van der Waals surface area contributed by atoms with E-state index in [2.05, 4.69) is 5.32 Å². The SMILES string of the molecule is Fc1cc(OC2CC3(CCCNC3)C2)cc(F)c1C1c2ccc(OCc3ccccc3)cc2CCN1CC(F)F. The Kier molecular flexibility index (Phi) is 7.73. The molecule has 0 amide bonds. The van der Waals surface area contributed by atoms with Crippen LogP contribution in [0.2, 0.25) is 0 Å². The van der Waals surface area contributed by atoms with E-state index in [-0.39, 0.29) is 29.4 Å². The molecule has 212 valence electrons. The van der Waals surface area contributed by atoms with Gasteiger partial charge in [0.2, 0.25) is 0 Å². The predicted molar refractivity (Wildman–Crippen MR) is 145 cm³/mol. The Balaban J connectivity index is 1.23. The molecule has 1 saturated carbocycles. The van der Waals surface area contributed by atoms with Crippen LogP contribution in [0.15, 0.2) is 60.7 Å². The fourth-order valence-electron chi connectivity index (χ4n) is 6.65. The summed E-state index contributed by atoms with van der Waals surface area (Å²) in [6.45, 7) is 2.03. The van der Waals surface area contributed by atoms with Crippen LogP contribution < -0.4 is 14.8 Å². The number of benzene rings is 3. The summed E-state index contributed by atoms with van der Waals surface area (Å²) in [5.74, 6) is -0.807. The molecule has 2 aliphatic heterocycles. The molecule has 2 heterocycles. The number of nitrogens with zero attached hydrogens (tertiary/aromatic N) is 1. The average Bonchev–Trinajstić information content (AvgIpc) is 2.92. The molecular weight excluding hydrogens is 520 g/mol. The second-order valence-corrected chi connectivity index (χ2v) is 11.4. The number of halogens is 4. The third-order valence-electron chi connectivity index (χ3n) is 8.57. The van der Waals surface area contributed by atoms with E-state index >= 15 is 8.78 Å². The highest BCUT2D eigenvalue weighted by Gasteiger charge is 2.46. The molecule has 4 nitrogen and oxygen atoms in total. The van der Waals surface area contributed by atoms with Gasteiger partial charge < -0.3 is 14.8 Å². The van der Waals surface area contributed by atoms with Crippen molar-refractivity contribution >= 4 is 0 Å². The van der Waals surface area contributed by atoms with E-state index in [0.717, 1.165) is 49.9 Å². The minimum atomic E-state index is -2.63. The first kappa shape index (κ1) is 27.1. The van der Waals surface area contributed by atoms with Crippen molar-refractivity contribution in [3.8, 4) is 11.5 Å². The summed E-state index contributed by atoms with van der Waals surface area (Å²) in [5.41, 5.74) is 2.45. The third-order valence-corrected chi connectivity index (χ3v) is 8.57. The zero-order chi connectivity index (χ0) is 27.7. The second kappa shape index (κ2) is 11.4. The summed E-state index contributed by atoms with van der Waals surface area (Å²) in [7, 11) is 0. The summed E-state index contributed by atoms with van der Waals surface area (Å²) in [4.78, 5) is 1.46. The van der Waals surface area contributed by atoms with Crippen LogP contribution in [0.3, 0.4) is 0 Å². The van der Waals surface area contributed by atoms with Gasteiger partial charge in [-0.15, -0.1) is 0 Å². The molecule has 3 aromatic carbocycles. The summed E-state index contributed by atoms with van der Waals surface area (Å²) >= 11 is 0. The summed E-state index contributed by atoms with van der Waals surface area (Å²) in [6.07, 6.45) is 1.75. The maximum absolute atomic E-state index is 15.6. The standard InChI is InChI=1S/C32H34F4N2O2/c33-27-14-24(40-25-16-32(17-25)10-4-11-37-20-32)15-28(34)30(27)31-26-8-7-23(39-19-21-5-2-1-3-6-21)13-22(26)9-12-38(31)18-29(35)36/h1-3,5-8,13-15,25,29,31,37H,4,9-12,16-20H2. The molecule has 1 aliphatic carbocycles. The summed E-state index contributed by atoms with van der Waals surface area (Å²) < 4.78 is 70.3. The minimum absolute atomic E-state index is 0.0791. The van der Waals surface area contributed by atoms with Gasteiger partial charge in [0.25, 0.3) is 6.43 Å². The van der Waals surface area contributed by atoms with Gasteiger partial charge in [0, 0.05) is 30.8 Å². The number of piperidine rings is 1. The highest BCUT2D eigenvalue weighted by atomic mass is 19.3. The van der Waals surface area contributed by atoms with Crippen LogP contribution in [0.4, 0.5) is 17.6 Å². The second-order valence-electron chi connectivity index (χ2n) is 11.4. The van der Waals surface area contributed by atoms with Gasteiger partial charge in [-0.05, 0) is 72.9 Å². The van der Waals surface area contributed by atoms with E-state index in [9.17, 15) is 8.78 Å². The molecule has 1 saturated heterocycles. The maximum Gasteiger partial charge on any atom is 0.251 e. The molecule has 40 heavy (non-hydrogen) atoms. The first-order valence-electron chi connectivity index (χ1n) is 14.1. The van der Waals surface area contributed by atoms with E-state index in [1.165, 1.54) is 17.0 Å². The molecule has 1 N–H and O–H groups in total. The van der Waals surface area contributed by atoms with E-state index in [4.69, 9.17) is 9.47 Å². The number of rotatable bonds is 8. The predicted octanol–water partition coefficient (Wildman–Crippen LogP) is 6.67. The molecule has 6 rings (SSSR count). The van der Waals surface area contributed by atoms with Gasteiger partial charge in [-0.1, -0.05) is 36.4 Å².